The van der Waals surface area contributed by atoms with E-state index in [-0.39, 0.29) is 32.7 Å². The van der Waals surface area contributed by atoms with E-state index in [2.05, 4.69) is 61.5 Å². The van der Waals surface area contributed by atoms with Crippen molar-refractivity contribution in [2.24, 2.45) is 45.8 Å². The average Bonchev–Trinajstić information content (AvgIpc) is 2.60. The summed E-state index contributed by atoms with van der Waals surface area (Å²) in [5.41, 5.74) is 2.91. The summed E-state index contributed by atoms with van der Waals surface area (Å²) in [5, 5.41) is 0. The van der Waals surface area contributed by atoms with Crippen LogP contribution < -0.4 is 0 Å². The van der Waals surface area contributed by atoms with Gasteiger partial charge < -0.3 is 6.42 Å². The van der Waals surface area contributed by atoms with Crippen molar-refractivity contribution in [3.8, 4) is 0 Å². The molecule has 1 heteroatoms. The molecule has 0 bridgehead atoms. The Kier molecular flexibility index (Phi) is 9.40. The van der Waals surface area contributed by atoms with Gasteiger partial charge in [0.2, 0.25) is 0 Å². The van der Waals surface area contributed by atoms with Crippen LogP contribution in [0, 0.1) is 52.3 Å². The van der Waals surface area contributed by atoms with E-state index in [1.807, 2.05) is 0 Å². The molecule has 7 unspecified atom stereocenters. The van der Waals surface area contributed by atoms with Crippen LogP contribution in [0.25, 0.3) is 0 Å². The first kappa shape index (κ1) is 27.1. The average molecular weight is 489 g/mol. The van der Waals surface area contributed by atoms with Crippen LogP contribution in [0.15, 0.2) is 12.2 Å². The van der Waals surface area contributed by atoms with Gasteiger partial charge in [0.15, 0.2) is 0 Å². The van der Waals surface area contributed by atoms with E-state index in [1.54, 1.807) is 0 Å². The molecule has 0 aromatic heterocycles. The van der Waals surface area contributed by atoms with Gasteiger partial charge in [0.1, 0.15) is 0 Å². The first-order chi connectivity index (χ1) is 13.5. The summed E-state index contributed by atoms with van der Waals surface area (Å²) in [6, 6.07) is 0. The van der Waals surface area contributed by atoms with Crippen molar-refractivity contribution in [1.29, 1.82) is 0 Å². The predicted molar refractivity (Wildman–Crippen MR) is 129 cm³/mol. The molecule has 3 saturated carbocycles. The number of hydrogen-bond donors (Lipinski definition) is 0. The fourth-order valence-electron chi connectivity index (χ4n) is 8.93. The van der Waals surface area contributed by atoms with Gasteiger partial charge in [0, 0.05) is 32.7 Å². The Labute approximate surface area is 215 Å². The largest absolute Gasteiger partial charge is 0.323 e. The molecule has 3 aliphatic carbocycles. The molecule has 3 aliphatic rings. The number of rotatable bonds is 6. The maximum atomic E-state index is 4.12. The zero-order valence-corrected chi connectivity index (χ0v) is 24.4. The molecule has 7 atom stereocenters. The van der Waals surface area contributed by atoms with Crippen molar-refractivity contribution < 1.29 is 32.7 Å². The second-order valence-corrected chi connectivity index (χ2v) is 12.9. The minimum Gasteiger partial charge on any atom is -0.323 e. The van der Waals surface area contributed by atoms with Crippen LogP contribution in [-0.4, -0.2) is 0 Å². The molecule has 0 saturated heterocycles. The Morgan fingerprint density at radius 3 is 2.40 bits per heavy atom. The fourth-order valence-corrected chi connectivity index (χ4v) is 8.93. The van der Waals surface area contributed by atoms with Gasteiger partial charge in [0.25, 0.3) is 0 Å². The molecule has 0 spiro atoms. The zero-order valence-electron chi connectivity index (χ0n) is 21.5. The van der Waals surface area contributed by atoms with Crippen LogP contribution in [0.3, 0.4) is 0 Å². The Morgan fingerprint density at radius 1 is 1.07 bits per heavy atom. The van der Waals surface area contributed by atoms with Crippen molar-refractivity contribution in [2.45, 2.75) is 119 Å². The Morgan fingerprint density at radius 2 is 1.77 bits per heavy atom. The van der Waals surface area contributed by atoms with E-state index in [0.717, 1.165) is 29.6 Å². The number of hydrogen-bond acceptors (Lipinski definition) is 0. The molecular formula is C29H51Y-. The van der Waals surface area contributed by atoms with Gasteiger partial charge in [-0.25, -0.2) is 0 Å². The molecule has 0 nitrogen and oxygen atoms in total. The maximum absolute atomic E-state index is 4.12. The Balaban J connectivity index is 0.00000320. The monoisotopic (exact) mass is 488 g/mol. The molecule has 0 amide bonds. The quantitative estimate of drug-likeness (QED) is 0.258. The normalized spacial score (nSPS) is 43.4. The molecule has 171 valence electrons. The number of allylic oxidation sites excluding steroid dienone is 1. The van der Waals surface area contributed by atoms with Gasteiger partial charge in [-0.05, 0) is 92.8 Å². The van der Waals surface area contributed by atoms with Crippen LogP contribution >= 0.6 is 0 Å². The van der Waals surface area contributed by atoms with Crippen molar-refractivity contribution >= 4 is 0 Å². The van der Waals surface area contributed by atoms with Gasteiger partial charge in [0.05, 0.1) is 0 Å². The van der Waals surface area contributed by atoms with Gasteiger partial charge in [-0.3, -0.25) is 0 Å². The standard InChI is InChI=1S/C29H51.Y/c1-9-26-27(5,6)16-11-18-29(26,8)25-14-13-23-20-28(7,17-10-12-21(2)3)19-15-24(23)22(25)4;/h16,22-26H,2,9-15,17-20H2,1,3-8H3;/q-1;. The van der Waals surface area contributed by atoms with Crippen LogP contribution in [0.1, 0.15) is 119 Å². The van der Waals surface area contributed by atoms with E-state index in [1.165, 1.54) is 76.2 Å². The van der Waals surface area contributed by atoms with Gasteiger partial charge in [-0.2, -0.15) is 11.8 Å². The van der Waals surface area contributed by atoms with E-state index >= 15 is 0 Å². The molecule has 3 rings (SSSR count). The first-order valence-corrected chi connectivity index (χ1v) is 13.0. The van der Waals surface area contributed by atoms with Crippen molar-refractivity contribution in [3.05, 3.63) is 18.6 Å². The second-order valence-electron chi connectivity index (χ2n) is 12.9. The first-order valence-electron chi connectivity index (χ1n) is 13.0. The number of fused-ring (bicyclic) bond motifs is 1. The van der Waals surface area contributed by atoms with E-state index < -0.39 is 0 Å². The molecule has 30 heavy (non-hydrogen) atoms. The third-order valence-corrected chi connectivity index (χ3v) is 10.3. The molecular weight excluding hydrogens is 437 g/mol. The second kappa shape index (κ2) is 10.4. The molecule has 1 radical (unpaired) electrons. The zero-order chi connectivity index (χ0) is 21.4. The van der Waals surface area contributed by atoms with Gasteiger partial charge in [-0.15, -0.1) is 6.58 Å². The molecule has 0 N–H and O–H groups in total. The summed E-state index contributed by atoms with van der Waals surface area (Å²) in [6.45, 7) is 21.8. The molecule has 3 fully saturated rings. The van der Waals surface area contributed by atoms with Crippen LogP contribution in [0.4, 0.5) is 0 Å². The fraction of sp³-hybridized carbons (Fsp3) is 0.897. The molecule has 0 aromatic rings. The van der Waals surface area contributed by atoms with Gasteiger partial charge in [-0.1, -0.05) is 65.9 Å². The molecule has 0 heterocycles. The maximum Gasteiger partial charge on any atom is 0 e. The van der Waals surface area contributed by atoms with Crippen LogP contribution in [0.5, 0.6) is 0 Å². The third kappa shape index (κ3) is 5.49. The van der Waals surface area contributed by atoms with E-state index in [9.17, 15) is 0 Å². The topological polar surface area (TPSA) is 0 Å². The van der Waals surface area contributed by atoms with Crippen molar-refractivity contribution in [1.82, 2.24) is 0 Å². The van der Waals surface area contributed by atoms with Crippen LogP contribution in [-0.2, 0) is 32.7 Å². The molecule has 0 aliphatic heterocycles. The Bertz CT molecular complexity index is 577. The van der Waals surface area contributed by atoms with Crippen molar-refractivity contribution in [2.75, 3.05) is 0 Å². The summed E-state index contributed by atoms with van der Waals surface area (Å²) in [7, 11) is 0. The van der Waals surface area contributed by atoms with Crippen LogP contribution in [0.2, 0.25) is 0 Å². The van der Waals surface area contributed by atoms with E-state index in [4.69, 9.17) is 0 Å². The summed E-state index contributed by atoms with van der Waals surface area (Å²) in [6.07, 6.45) is 18.2. The Hall–Kier alpha value is 0.844. The third-order valence-electron chi connectivity index (χ3n) is 10.3. The minimum absolute atomic E-state index is 0. The summed E-state index contributed by atoms with van der Waals surface area (Å²) in [5.74, 6) is 4.70. The van der Waals surface area contributed by atoms with Gasteiger partial charge >= 0.3 is 0 Å². The predicted octanol–water partition coefficient (Wildman–Crippen LogP) is 9.26. The van der Waals surface area contributed by atoms with E-state index in [0.29, 0.717) is 16.2 Å². The SMILES string of the molecule is C=C(C)CCCC1(C)CCC2C(CCC(C3(C)CC[CH-]C(C)(C)C3CC)C2C)C1.[Y]. The minimum atomic E-state index is 0. The summed E-state index contributed by atoms with van der Waals surface area (Å²) in [4.78, 5) is 0. The smallest absolute Gasteiger partial charge is 0 e. The van der Waals surface area contributed by atoms with Crippen molar-refractivity contribution in [3.63, 3.8) is 0 Å². The molecule has 0 aromatic carbocycles. The summed E-state index contributed by atoms with van der Waals surface area (Å²) >= 11 is 0. The summed E-state index contributed by atoms with van der Waals surface area (Å²) < 4.78 is 0.